The van der Waals surface area contributed by atoms with Crippen LogP contribution in [0.3, 0.4) is 0 Å². The van der Waals surface area contributed by atoms with Gasteiger partial charge in [0.05, 0.1) is 5.75 Å². The van der Waals surface area contributed by atoms with E-state index in [1.165, 1.54) is 35.2 Å². The molecular formula is C17H13ClFN3OS3. The van der Waals surface area contributed by atoms with Crippen molar-refractivity contribution in [1.29, 1.82) is 0 Å². The molecule has 0 unspecified atom stereocenters. The highest BCUT2D eigenvalue weighted by Gasteiger charge is 2.09. The van der Waals surface area contributed by atoms with Crippen molar-refractivity contribution in [2.75, 3.05) is 11.1 Å². The summed E-state index contributed by atoms with van der Waals surface area (Å²) in [5.41, 5.74) is 1.59. The summed E-state index contributed by atoms with van der Waals surface area (Å²) in [5.74, 6) is 0.358. The van der Waals surface area contributed by atoms with Gasteiger partial charge in [-0.25, -0.2) is 4.39 Å². The second kappa shape index (κ2) is 9.36. The lowest BCUT2D eigenvalue weighted by Gasteiger charge is -2.03. The first-order chi connectivity index (χ1) is 12.6. The molecule has 134 valence electrons. The summed E-state index contributed by atoms with van der Waals surface area (Å²) < 4.78 is 14.7. The fourth-order valence-corrected chi connectivity index (χ4v) is 4.83. The summed E-state index contributed by atoms with van der Waals surface area (Å²) in [6.07, 6.45) is 0. The van der Waals surface area contributed by atoms with Crippen LogP contribution in [0.2, 0.25) is 5.02 Å². The molecule has 0 fully saturated rings. The summed E-state index contributed by atoms with van der Waals surface area (Å²) in [4.78, 5) is 11.9. The van der Waals surface area contributed by atoms with Crippen molar-refractivity contribution in [3.63, 3.8) is 0 Å². The molecule has 0 atom stereocenters. The van der Waals surface area contributed by atoms with Crippen molar-refractivity contribution >= 4 is 58.1 Å². The third-order valence-electron chi connectivity index (χ3n) is 3.10. The first-order valence-electron chi connectivity index (χ1n) is 7.47. The molecule has 1 aromatic heterocycles. The predicted octanol–water partition coefficient (Wildman–Crippen LogP) is 5.35. The fraction of sp³-hybridized carbons (Fsp3) is 0.118. The van der Waals surface area contributed by atoms with Gasteiger partial charge in [-0.2, -0.15) is 0 Å². The van der Waals surface area contributed by atoms with Gasteiger partial charge < -0.3 is 5.32 Å². The van der Waals surface area contributed by atoms with Gasteiger partial charge in [-0.1, -0.05) is 64.7 Å². The number of carbonyl (C=O) groups is 1. The van der Waals surface area contributed by atoms with Crippen LogP contribution in [0.25, 0.3) is 0 Å². The third kappa shape index (κ3) is 5.98. The monoisotopic (exact) mass is 425 g/mol. The Balaban J connectivity index is 1.45. The van der Waals surface area contributed by atoms with Crippen LogP contribution in [-0.4, -0.2) is 21.9 Å². The van der Waals surface area contributed by atoms with Gasteiger partial charge in [-0.3, -0.25) is 4.79 Å². The molecule has 0 saturated carbocycles. The number of nitrogens with one attached hydrogen (secondary N) is 1. The smallest absolute Gasteiger partial charge is 0.234 e. The normalized spacial score (nSPS) is 10.7. The van der Waals surface area contributed by atoms with Crippen molar-refractivity contribution in [3.8, 4) is 0 Å². The van der Waals surface area contributed by atoms with Gasteiger partial charge >= 0.3 is 0 Å². The largest absolute Gasteiger partial charge is 0.325 e. The molecule has 0 aliphatic rings. The maximum Gasteiger partial charge on any atom is 0.234 e. The Hall–Kier alpha value is -1.61. The van der Waals surface area contributed by atoms with E-state index in [1.54, 1.807) is 23.9 Å². The van der Waals surface area contributed by atoms with Gasteiger partial charge in [0, 0.05) is 16.5 Å². The van der Waals surface area contributed by atoms with Gasteiger partial charge in [0.2, 0.25) is 5.91 Å². The average molecular weight is 426 g/mol. The van der Waals surface area contributed by atoms with Crippen LogP contribution < -0.4 is 5.32 Å². The van der Waals surface area contributed by atoms with E-state index in [0.29, 0.717) is 10.7 Å². The number of amides is 1. The Bertz CT molecular complexity index is 889. The second-order valence-electron chi connectivity index (χ2n) is 5.10. The number of rotatable bonds is 7. The van der Waals surface area contributed by atoms with Crippen LogP contribution >= 0.6 is 46.5 Å². The SMILES string of the molecule is O=C(CSc1nnc(SCc2ccc(Cl)cc2)s1)Nc1cccc(F)c1. The lowest BCUT2D eigenvalue weighted by molar-refractivity contribution is -0.113. The van der Waals surface area contributed by atoms with Crippen molar-refractivity contribution < 1.29 is 9.18 Å². The van der Waals surface area contributed by atoms with E-state index in [4.69, 9.17) is 11.6 Å². The van der Waals surface area contributed by atoms with Crippen LogP contribution in [-0.2, 0) is 10.5 Å². The molecule has 26 heavy (non-hydrogen) atoms. The van der Waals surface area contributed by atoms with Gasteiger partial charge in [0.1, 0.15) is 5.82 Å². The minimum atomic E-state index is -0.387. The van der Waals surface area contributed by atoms with Gasteiger partial charge in [-0.05, 0) is 35.9 Å². The van der Waals surface area contributed by atoms with E-state index in [-0.39, 0.29) is 17.5 Å². The number of anilines is 1. The molecule has 0 spiro atoms. The van der Waals surface area contributed by atoms with Gasteiger partial charge in [0.15, 0.2) is 8.68 Å². The highest BCUT2D eigenvalue weighted by Crippen LogP contribution is 2.31. The number of halogens is 2. The fourth-order valence-electron chi connectivity index (χ4n) is 1.93. The number of carbonyl (C=O) groups excluding carboxylic acids is 1. The van der Waals surface area contributed by atoms with Crippen LogP contribution in [0.1, 0.15) is 5.56 Å². The molecule has 0 bridgehead atoms. The van der Waals surface area contributed by atoms with E-state index >= 15 is 0 Å². The molecule has 1 N–H and O–H groups in total. The highest BCUT2D eigenvalue weighted by molar-refractivity contribution is 8.03. The molecule has 1 heterocycles. The maximum absolute atomic E-state index is 13.1. The van der Waals surface area contributed by atoms with E-state index in [9.17, 15) is 9.18 Å². The zero-order valence-electron chi connectivity index (χ0n) is 13.3. The summed E-state index contributed by atoms with van der Waals surface area (Å²) in [6.45, 7) is 0. The molecular weight excluding hydrogens is 413 g/mol. The quantitative estimate of drug-likeness (QED) is 0.517. The average Bonchev–Trinajstić information content (AvgIpc) is 3.07. The minimum absolute atomic E-state index is 0.187. The topological polar surface area (TPSA) is 54.9 Å². The molecule has 0 aliphatic heterocycles. The number of nitrogens with zero attached hydrogens (tertiary/aromatic N) is 2. The van der Waals surface area contributed by atoms with Crippen LogP contribution in [0.4, 0.5) is 10.1 Å². The second-order valence-corrected chi connectivity index (χ2v) is 8.96. The Morgan fingerprint density at radius 3 is 2.58 bits per heavy atom. The molecule has 3 rings (SSSR count). The molecule has 3 aromatic rings. The lowest BCUT2D eigenvalue weighted by Crippen LogP contribution is -2.13. The molecule has 0 saturated heterocycles. The molecule has 4 nitrogen and oxygen atoms in total. The number of aromatic nitrogens is 2. The van der Waals surface area contributed by atoms with Gasteiger partial charge in [0.25, 0.3) is 0 Å². The maximum atomic E-state index is 13.1. The van der Waals surface area contributed by atoms with E-state index in [1.807, 2.05) is 24.3 Å². The Kier molecular flexibility index (Phi) is 6.90. The first-order valence-corrected chi connectivity index (χ1v) is 10.6. The lowest BCUT2D eigenvalue weighted by atomic mass is 10.2. The van der Waals surface area contributed by atoms with Crippen molar-refractivity contribution in [2.45, 2.75) is 14.4 Å². The Morgan fingerprint density at radius 1 is 1.12 bits per heavy atom. The summed E-state index contributed by atoms with van der Waals surface area (Å²) in [7, 11) is 0. The van der Waals surface area contributed by atoms with E-state index < -0.39 is 0 Å². The van der Waals surface area contributed by atoms with Crippen LogP contribution in [0.5, 0.6) is 0 Å². The Morgan fingerprint density at radius 2 is 1.85 bits per heavy atom. The van der Waals surface area contributed by atoms with E-state index in [0.717, 1.165) is 20.0 Å². The van der Waals surface area contributed by atoms with Crippen molar-refractivity contribution in [2.24, 2.45) is 0 Å². The number of thioether (sulfide) groups is 2. The molecule has 1 amide bonds. The molecule has 0 aliphatic carbocycles. The predicted molar refractivity (Wildman–Crippen MR) is 107 cm³/mol. The van der Waals surface area contributed by atoms with Gasteiger partial charge in [-0.15, -0.1) is 10.2 Å². The third-order valence-corrected chi connectivity index (χ3v) is 6.61. The summed E-state index contributed by atoms with van der Waals surface area (Å²) >= 11 is 10.2. The van der Waals surface area contributed by atoms with Crippen LogP contribution in [0.15, 0.2) is 57.2 Å². The number of hydrogen-bond acceptors (Lipinski definition) is 6. The first kappa shape index (κ1) is 19.2. The number of benzene rings is 2. The number of hydrogen-bond donors (Lipinski definition) is 1. The van der Waals surface area contributed by atoms with E-state index in [2.05, 4.69) is 15.5 Å². The van der Waals surface area contributed by atoms with Crippen molar-refractivity contribution in [3.05, 3.63) is 64.9 Å². The molecule has 2 aromatic carbocycles. The van der Waals surface area contributed by atoms with Crippen LogP contribution in [0, 0.1) is 5.82 Å². The zero-order valence-corrected chi connectivity index (χ0v) is 16.5. The zero-order chi connectivity index (χ0) is 18.4. The summed E-state index contributed by atoms with van der Waals surface area (Å²) in [6, 6.07) is 13.5. The summed E-state index contributed by atoms with van der Waals surface area (Å²) in [5, 5.41) is 11.6. The minimum Gasteiger partial charge on any atom is -0.325 e. The van der Waals surface area contributed by atoms with Crippen molar-refractivity contribution in [1.82, 2.24) is 10.2 Å². The molecule has 9 heteroatoms. The Labute approximate surface area is 167 Å². The molecule has 0 radical (unpaired) electrons. The standard InChI is InChI=1S/C17H13ClFN3OS3/c18-12-6-4-11(5-7-12)9-24-16-21-22-17(26-16)25-10-15(23)20-14-3-1-2-13(19)8-14/h1-8H,9-10H2,(H,20,23). The highest BCUT2D eigenvalue weighted by atomic mass is 35.5.